The molecule has 0 aromatic heterocycles. The van der Waals surface area contributed by atoms with Crippen LogP contribution in [0.5, 0.6) is 0 Å². The van der Waals surface area contributed by atoms with Crippen molar-refractivity contribution in [3.63, 3.8) is 0 Å². The average molecular weight is 294 g/mol. The molecule has 0 bridgehead atoms. The molecule has 2 rings (SSSR count). The SMILES string of the molecule is CC(C)(C)OC(=O)N1CCC[C@H](Nc2ccc(F)cc2)C1. The number of carbonyl (C=O) groups is 1. The number of ether oxygens (including phenoxy) is 1. The Morgan fingerprint density at radius 1 is 1.33 bits per heavy atom. The number of halogens is 1. The van der Waals surface area contributed by atoms with E-state index in [1.165, 1.54) is 12.1 Å². The Kier molecular flexibility index (Phi) is 4.70. The predicted octanol–water partition coefficient (Wildman–Crippen LogP) is 3.64. The maximum atomic E-state index is 12.9. The number of benzene rings is 1. The minimum atomic E-state index is -0.478. The molecule has 1 atom stereocenters. The summed E-state index contributed by atoms with van der Waals surface area (Å²) < 4.78 is 18.3. The van der Waals surface area contributed by atoms with Crippen LogP contribution in [0.3, 0.4) is 0 Å². The summed E-state index contributed by atoms with van der Waals surface area (Å²) in [6, 6.07) is 6.44. The molecule has 1 heterocycles. The second kappa shape index (κ2) is 6.33. The smallest absolute Gasteiger partial charge is 0.410 e. The van der Waals surface area contributed by atoms with Crippen molar-refractivity contribution in [1.29, 1.82) is 0 Å². The standard InChI is InChI=1S/C16H23FN2O2/c1-16(2,3)21-15(20)19-10-4-5-14(11-19)18-13-8-6-12(17)7-9-13/h6-9,14,18H,4-5,10-11H2,1-3H3/t14-/m0/s1. The van der Waals surface area contributed by atoms with Gasteiger partial charge in [-0.15, -0.1) is 0 Å². The number of rotatable bonds is 2. The molecule has 0 saturated carbocycles. The Morgan fingerprint density at radius 2 is 2.00 bits per heavy atom. The molecule has 5 heteroatoms. The van der Waals surface area contributed by atoms with Gasteiger partial charge in [0, 0.05) is 24.8 Å². The van der Waals surface area contributed by atoms with Crippen LogP contribution in [0.15, 0.2) is 24.3 Å². The molecule has 4 nitrogen and oxygen atoms in total. The maximum absolute atomic E-state index is 12.9. The molecule has 1 aliphatic heterocycles. The third kappa shape index (κ3) is 4.92. The van der Waals surface area contributed by atoms with E-state index in [1.807, 2.05) is 20.8 Å². The molecule has 1 fully saturated rings. The molecule has 1 saturated heterocycles. The van der Waals surface area contributed by atoms with E-state index >= 15 is 0 Å². The van der Waals surface area contributed by atoms with E-state index in [1.54, 1.807) is 17.0 Å². The molecule has 1 amide bonds. The Hall–Kier alpha value is -1.78. The summed E-state index contributed by atoms with van der Waals surface area (Å²) in [4.78, 5) is 13.8. The summed E-state index contributed by atoms with van der Waals surface area (Å²) in [7, 11) is 0. The van der Waals surface area contributed by atoms with Crippen LogP contribution in [0, 0.1) is 5.82 Å². The minimum Gasteiger partial charge on any atom is -0.444 e. The van der Waals surface area contributed by atoms with Crippen LogP contribution in [0.25, 0.3) is 0 Å². The lowest BCUT2D eigenvalue weighted by Crippen LogP contribution is -2.46. The summed E-state index contributed by atoms with van der Waals surface area (Å²) in [5, 5.41) is 3.34. The van der Waals surface area contributed by atoms with Crippen LogP contribution in [-0.4, -0.2) is 35.7 Å². The van der Waals surface area contributed by atoms with E-state index < -0.39 is 5.60 Å². The number of amides is 1. The Labute approximate surface area is 125 Å². The molecule has 0 radical (unpaired) electrons. The first-order valence-electron chi connectivity index (χ1n) is 7.33. The van der Waals surface area contributed by atoms with Gasteiger partial charge in [-0.05, 0) is 57.9 Å². The van der Waals surface area contributed by atoms with Crippen molar-refractivity contribution in [2.24, 2.45) is 0 Å². The van der Waals surface area contributed by atoms with Gasteiger partial charge >= 0.3 is 6.09 Å². The number of likely N-dealkylation sites (tertiary alicyclic amines) is 1. The van der Waals surface area contributed by atoms with Gasteiger partial charge in [0.25, 0.3) is 0 Å². The first-order valence-corrected chi connectivity index (χ1v) is 7.33. The van der Waals surface area contributed by atoms with Crippen molar-refractivity contribution in [2.45, 2.75) is 45.3 Å². The molecular formula is C16H23FN2O2. The van der Waals surface area contributed by atoms with Crippen molar-refractivity contribution >= 4 is 11.8 Å². The molecule has 1 N–H and O–H groups in total. The normalized spacial score (nSPS) is 19.2. The molecule has 21 heavy (non-hydrogen) atoms. The van der Waals surface area contributed by atoms with Gasteiger partial charge in [0.1, 0.15) is 11.4 Å². The van der Waals surface area contributed by atoms with Crippen LogP contribution in [0.2, 0.25) is 0 Å². The number of anilines is 1. The van der Waals surface area contributed by atoms with E-state index in [-0.39, 0.29) is 18.0 Å². The highest BCUT2D eigenvalue weighted by Crippen LogP contribution is 2.18. The van der Waals surface area contributed by atoms with E-state index in [0.717, 1.165) is 25.1 Å². The topological polar surface area (TPSA) is 41.6 Å². The van der Waals surface area contributed by atoms with Gasteiger partial charge in [0.15, 0.2) is 0 Å². The third-order valence-corrected chi connectivity index (χ3v) is 3.29. The van der Waals surface area contributed by atoms with E-state index in [0.29, 0.717) is 6.54 Å². The largest absolute Gasteiger partial charge is 0.444 e. The van der Waals surface area contributed by atoms with Gasteiger partial charge in [0.05, 0.1) is 0 Å². The van der Waals surface area contributed by atoms with Gasteiger partial charge < -0.3 is 15.0 Å². The molecule has 0 unspecified atom stereocenters. The van der Waals surface area contributed by atoms with Crippen LogP contribution in [0.4, 0.5) is 14.9 Å². The average Bonchev–Trinajstić information content (AvgIpc) is 2.40. The number of nitrogens with one attached hydrogen (secondary N) is 1. The number of hydrogen-bond acceptors (Lipinski definition) is 3. The van der Waals surface area contributed by atoms with Gasteiger partial charge in [-0.25, -0.2) is 9.18 Å². The molecule has 1 aliphatic rings. The van der Waals surface area contributed by atoms with E-state index in [9.17, 15) is 9.18 Å². The molecular weight excluding hydrogens is 271 g/mol. The summed E-state index contributed by atoms with van der Waals surface area (Å²) in [6.07, 6.45) is 1.64. The summed E-state index contributed by atoms with van der Waals surface area (Å²) in [5.74, 6) is -0.250. The second-order valence-corrected chi connectivity index (χ2v) is 6.42. The summed E-state index contributed by atoms with van der Waals surface area (Å²) in [5.41, 5.74) is 0.390. The first-order chi connectivity index (χ1) is 9.83. The lowest BCUT2D eigenvalue weighted by molar-refractivity contribution is 0.0206. The number of carbonyl (C=O) groups excluding carboxylic acids is 1. The van der Waals surface area contributed by atoms with Crippen molar-refractivity contribution in [3.8, 4) is 0 Å². The maximum Gasteiger partial charge on any atom is 0.410 e. The number of nitrogens with zero attached hydrogens (tertiary/aromatic N) is 1. The minimum absolute atomic E-state index is 0.164. The highest BCUT2D eigenvalue weighted by molar-refractivity contribution is 5.68. The molecule has 1 aromatic carbocycles. The van der Waals surface area contributed by atoms with E-state index in [4.69, 9.17) is 4.74 Å². The zero-order chi connectivity index (χ0) is 15.5. The summed E-state index contributed by atoms with van der Waals surface area (Å²) in [6.45, 7) is 6.91. The highest BCUT2D eigenvalue weighted by Gasteiger charge is 2.27. The second-order valence-electron chi connectivity index (χ2n) is 6.42. The fourth-order valence-electron chi connectivity index (χ4n) is 2.37. The number of hydrogen-bond donors (Lipinski definition) is 1. The zero-order valence-electron chi connectivity index (χ0n) is 12.9. The van der Waals surface area contributed by atoms with Gasteiger partial charge in [-0.3, -0.25) is 0 Å². The van der Waals surface area contributed by atoms with Crippen molar-refractivity contribution < 1.29 is 13.9 Å². The summed E-state index contributed by atoms with van der Waals surface area (Å²) >= 11 is 0. The monoisotopic (exact) mass is 294 g/mol. The highest BCUT2D eigenvalue weighted by atomic mass is 19.1. The van der Waals surface area contributed by atoms with Gasteiger partial charge in [-0.1, -0.05) is 0 Å². The van der Waals surface area contributed by atoms with Crippen molar-refractivity contribution in [2.75, 3.05) is 18.4 Å². The van der Waals surface area contributed by atoms with Crippen molar-refractivity contribution in [1.82, 2.24) is 4.90 Å². The molecule has 1 aromatic rings. The Balaban J connectivity index is 1.91. The quantitative estimate of drug-likeness (QED) is 0.905. The fourth-order valence-corrected chi connectivity index (χ4v) is 2.37. The first kappa shape index (κ1) is 15.6. The molecule has 116 valence electrons. The third-order valence-electron chi connectivity index (χ3n) is 3.29. The number of piperidine rings is 1. The van der Waals surface area contributed by atoms with Crippen LogP contribution in [-0.2, 0) is 4.74 Å². The van der Waals surface area contributed by atoms with Crippen LogP contribution >= 0.6 is 0 Å². The van der Waals surface area contributed by atoms with Gasteiger partial charge in [0.2, 0.25) is 0 Å². The van der Waals surface area contributed by atoms with Crippen LogP contribution in [0.1, 0.15) is 33.6 Å². The Bertz CT molecular complexity index is 482. The zero-order valence-corrected chi connectivity index (χ0v) is 12.9. The van der Waals surface area contributed by atoms with E-state index in [2.05, 4.69) is 5.32 Å². The lowest BCUT2D eigenvalue weighted by Gasteiger charge is -2.34. The molecule has 0 aliphatic carbocycles. The van der Waals surface area contributed by atoms with Crippen LogP contribution < -0.4 is 5.32 Å². The molecule has 0 spiro atoms. The van der Waals surface area contributed by atoms with Gasteiger partial charge in [-0.2, -0.15) is 0 Å². The lowest BCUT2D eigenvalue weighted by atomic mass is 10.1. The van der Waals surface area contributed by atoms with Crippen molar-refractivity contribution in [3.05, 3.63) is 30.1 Å². The fraction of sp³-hybridized carbons (Fsp3) is 0.562. The Morgan fingerprint density at radius 3 is 2.62 bits per heavy atom. The predicted molar refractivity (Wildman–Crippen MR) is 80.9 cm³/mol.